The van der Waals surface area contributed by atoms with Crippen LogP contribution >= 0.6 is 0 Å². The zero-order chi connectivity index (χ0) is 13.2. The van der Waals surface area contributed by atoms with Gasteiger partial charge in [-0.05, 0) is 31.4 Å². The Labute approximate surface area is 110 Å². The third kappa shape index (κ3) is 2.06. The number of benzene rings is 1. The number of aliphatic hydroxyl groups is 1. The summed E-state index contributed by atoms with van der Waals surface area (Å²) < 4.78 is 12.8. The minimum Gasteiger partial charge on any atom is -0.496 e. The number of methoxy groups -OCH3 is 1. The van der Waals surface area contributed by atoms with E-state index >= 15 is 0 Å². The van der Waals surface area contributed by atoms with Crippen LogP contribution in [-0.2, 0) is 11.3 Å². The Bertz CT molecular complexity index is 576. The summed E-state index contributed by atoms with van der Waals surface area (Å²) in [6, 6.07) is 3.65. The molecule has 1 unspecified atom stereocenters. The fourth-order valence-electron chi connectivity index (χ4n) is 2.55. The van der Waals surface area contributed by atoms with Crippen molar-refractivity contribution in [2.75, 3.05) is 13.7 Å². The molecule has 0 bridgehead atoms. The standard InChI is InChI=1S/C13H17N3O3/c1-18-11-6-5-10-13(9(11)8-17)16(15-14-10)12-4-2-3-7-19-12/h5-6,12,17H,2-4,7-8H2,1H3. The summed E-state index contributed by atoms with van der Waals surface area (Å²) in [5.74, 6) is 0.648. The molecule has 0 amide bonds. The lowest BCUT2D eigenvalue weighted by atomic mass is 10.1. The average Bonchev–Trinajstić information content (AvgIpc) is 2.91. The van der Waals surface area contributed by atoms with Crippen molar-refractivity contribution in [2.24, 2.45) is 0 Å². The van der Waals surface area contributed by atoms with Crippen LogP contribution in [0.15, 0.2) is 12.1 Å². The Balaban J connectivity index is 2.13. The first-order chi connectivity index (χ1) is 9.35. The first-order valence-electron chi connectivity index (χ1n) is 6.48. The molecule has 1 atom stereocenters. The first-order valence-corrected chi connectivity index (χ1v) is 6.48. The van der Waals surface area contributed by atoms with Gasteiger partial charge >= 0.3 is 0 Å². The second-order valence-electron chi connectivity index (χ2n) is 4.63. The second kappa shape index (κ2) is 5.14. The van der Waals surface area contributed by atoms with E-state index in [1.165, 1.54) is 0 Å². The summed E-state index contributed by atoms with van der Waals surface area (Å²) in [6.45, 7) is 0.630. The van der Waals surface area contributed by atoms with Gasteiger partial charge in [0.2, 0.25) is 0 Å². The van der Waals surface area contributed by atoms with Gasteiger partial charge in [0.05, 0.1) is 13.7 Å². The van der Waals surface area contributed by atoms with Crippen LogP contribution in [-0.4, -0.2) is 33.8 Å². The quantitative estimate of drug-likeness (QED) is 0.911. The highest BCUT2D eigenvalue weighted by atomic mass is 16.5. The molecule has 1 saturated heterocycles. The van der Waals surface area contributed by atoms with E-state index in [4.69, 9.17) is 9.47 Å². The van der Waals surface area contributed by atoms with Gasteiger partial charge in [-0.1, -0.05) is 5.21 Å². The van der Waals surface area contributed by atoms with E-state index in [9.17, 15) is 5.11 Å². The van der Waals surface area contributed by atoms with Gasteiger partial charge in [-0.15, -0.1) is 5.10 Å². The normalized spacial score (nSPS) is 19.8. The molecule has 0 aliphatic carbocycles. The molecule has 1 fully saturated rings. The molecule has 1 aliphatic rings. The SMILES string of the molecule is COc1ccc2nnn(C3CCCCO3)c2c1CO. The van der Waals surface area contributed by atoms with Crippen LogP contribution in [0.25, 0.3) is 11.0 Å². The Morgan fingerprint density at radius 3 is 3.05 bits per heavy atom. The van der Waals surface area contributed by atoms with Crippen LogP contribution in [0.4, 0.5) is 0 Å². The Kier molecular flexibility index (Phi) is 3.35. The second-order valence-corrected chi connectivity index (χ2v) is 4.63. The highest BCUT2D eigenvalue weighted by Crippen LogP contribution is 2.31. The van der Waals surface area contributed by atoms with Gasteiger partial charge in [0.15, 0.2) is 6.23 Å². The molecule has 6 nitrogen and oxygen atoms in total. The van der Waals surface area contributed by atoms with Crippen LogP contribution in [0.1, 0.15) is 31.1 Å². The predicted molar refractivity (Wildman–Crippen MR) is 68.8 cm³/mol. The maximum atomic E-state index is 9.60. The van der Waals surface area contributed by atoms with Crippen LogP contribution in [0.5, 0.6) is 5.75 Å². The summed E-state index contributed by atoms with van der Waals surface area (Å²) in [5.41, 5.74) is 2.26. The minimum atomic E-state index is -0.111. The Hall–Kier alpha value is -1.66. The molecule has 2 heterocycles. The lowest BCUT2D eigenvalue weighted by molar-refractivity contribution is -0.0378. The van der Waals surface area contributed by atoms with Crippen molar-refractivity contribution >= 4 is 11.0 Å². The maximum Gasteiger partial charge on any atom is 0.152 e. The number of fused-ring (bicyclic) bond motifs is 1. The fourth-order valence-corrected chi connectivity index (χ4v) is 2.55. The molecule has 19 heavy (non-hydrogen) atoms. The molecule has 2 aromatic rings. The van der Waals surface area contributed by atoms with Crippen LogP contribution in [0, 0.1) is 0 Å². The van der Waals surface area contributed by atoms with E-state index < -0.39 is 0 Å². The maximum absolute atomic E-state index is 9.60. The molecule has 0 spiro atoms. The van der Waals surface area contributed by atoms with Crippen molar-refractivity contribution < 1.29 is 14.6 Å². The topological polar surface area (TPSA) is 69.4 Å². The summed E-state index contributed by atoms with van der Waals surface area (Å²) in [5, 5.41) is 17.9. The number of aliphatic hydroxyl groups excluding tert-OH is 1. The van der Waals surface area contributed by atoms with Gasteiger partial charge in [-0.2, -0.15) is 0 Å². The molecule has 6 heteroatoms. The van der Waals surface area contributed by atoms with Gasteiger partial charge < -0.3 is 14.6 Å². The highest BCUT2D eigenvalue weighted by molar-refractivity contribution is 5.80. The van der Waals surface area contributed by atoms with Crippen LogP contribution < -0.4 is 4.74 Å². The third-order valence-electron chi connectivity index (χ3n) is 3.50. The molecule has 0 saturated carbocycles. The van der Waals surface area contributed by atoms with E-state index in [1.54, 1.807) is 17.9 Å². The molecule has 1 aliphatic heterocycles. The third-order valence-corrected chi connectivity index (χ3v) is 3.50. The van der Waals surface area contributed by atoms with Crippen molar-refractivity contribution in [1.29, 1.82) is 0 Å². The fraction of sp³-hybridized carbons (Fsp3) is 0.538. The van der Waals surface area contributed by atoms with E-state index in [0.29, 0.717) is 11.3 Å². The van der Waals surface area contributed by atoms with Gasteiger partial charge in [-0.3, -0.25) is 0 Å². The smallest absolute Gasteiger partial charge is 0.152 e. The number of ether oxygens (including phenoxy) is 2. The minimum absolute atomic E-state index is 0.101. The van der Waals surface area contributed by atoms with Crippen molar-refractivity contribution in [3.8, 4) is 5.75 Å². The van der Waals surface area contributed by atoms with E-state index in [0.717, 1.165) is 36.9 Å². The lowest BCUT2D eigenvalue weighted by Crippen LogP contribution is -2.19. The zero-order valence-electron chi connectivity index (χ0n) is 10.9. The van der Waals surface area contributed by atoms with Gasteiger partial charge in [0.25, 0.3) is 0 Å². The monoisotopic (exact) mass is 263 g/mol. The lowest BCUT2D eigenvalue weighted by Gasteiger charge is -2.23. The number of nitrogens with zero attached hydrogens (tertiary/aromatic N) is 3. The highest BCUT2D eigenvalue weighted by Gasteiger charge is 2.22. The number of aromatic nitrogens is 3. The molecule has 1 N–H and O–H groups in total. The Morgan fingerprint density at radius 1 is 1.47 bits per heavy atom. The van der Waals surface area contributed by atoms with Crippen LogP contribution in [0.2, 0.25) is 0 Å². The molecule has 0 radical (unpaired) electrons. The van der Waals surface area contributed by atoms with Crippen molar-refractivity contribution in [3.63, 3.8) is 0 Å². The molecular weight excluding hydrogens is 246 g/mol. The number of hydrogen-bond acceptors (Lipinski definition) is 5. The predicted octanol–water partition coefficient (Wildman–Crippen LogP) is 1.63. The summed E-state index contributed by atoms with van der Waals surface area (Å²) in [6.07, 6.45) is 3.01. The van der Waals surface area contributed by atoms with Crippen molar-refractivity contribution in [1.82, 2.24) is 15.0 Å². The van der Waals surface area contributed by atoms with Crippen molar-refractivity contribution in [3.05, 3.63) is 17.7 Å². The average molecular weight is 263 g/mol. The largest absolute Gasteiger partial charge is 0.496 e. The van der Waals surface area contributed by atoms with E-state index in [-0.39, 0.29) is 12.8 Å². The zero-order valence-corrected chi connectivity index (χ0v) is 10.9. The first kappa shape index (κ1) is 12.4. The van der Waals surface area contributed by atoms with Crippen LogP contribution in [0.3, 0.4) is 0 Å². The summed E-state index contributed by atoms with van der Waals surface area (Å²) in [7, 11) is 1.59. The van der Waals surface area contributed by atoms with Gasteiger partial charge in [-0.25, -0.2) is 4.68 Å². The van der Waals surface area contributed by atoms with Gasteiger partial charge in [0.1, 0.15) is 16.8 Å². The van der Waals surface area contributed by atoms with E-state index in [1.807, 2.05) is 6.07 Å². The molecule has 1 aromatic heterocycles. The summed E-state index contributed by atoms with van der Waals surface area (Å²) in [4.78, 5) is 0. The number of hydrogen-bond donors (Lipinski definition) is 1. The molecular formula is C13H17N3O3. The van der Waals surface area contributed by atoms with Crippen molar-refractivity contribution in [2.45, 2.75) is 32.1 Å². The number of rotatable bonds is 3. The molecule has 102 valence electrons. The van der Waals surface area contributed by atoms with E-state index in [2.05, 4.69) is 10.3 Å². The van der Waals surface area contributed by atoms with Gasteiger partial charge in [0, 0.05) is 12.2 Å². The Morgan fingerprint density at radius 2 is 2.37 bits per heavy atom. The molecule has 1 aromatic carbocycles. The summed E-state index contributed by atoms with van der Waals surface area (Å²) >= 11 is 0. The molecule has 3 rings (SSSR count).